The number of fused-ring (bicyclic) bond motifs is 9. The summed E-state index contributed by atoms with van der Waals surface area (Å²) in [6.45, 7) is 0. The fourth-order valence-electron chi connectivity index (χ4n) is 7.43. The van der Waals surface area contributed by atoms with Gasteiger partial charge < -0.3 is 13.7 Å². The molecule has 0 bridgehead atoms. The standard InChI is InChI=1S/C41H26N4/c1-2-11-27(12-3-1)43-36-18-7-4-15-30(36)33-25-41-34(24-40(33)43)31-16-5-8-19-37(31)45(41)29-14-10-13-28(23-29)44-38-20-9-6-17-32(38)35-26-42-22-21-39(35)44/h1-26H. The van der Waals surface area contributed by atoms with Crippen molar-refractivity contribution in [2.75, 3.05) is 0 Å². The molecule has 10 rings (SSSR count). The van der Waals surface area contributed by atoms with Crippen LogP contribution >= 0.6 is 0 Å². The van der Waals surface area contributed by atoms with Crippen molar-refractivity contribution in [2.45, 2.75) is 0 Å². The second kappa shape index (κ2) is 9.18. The van der Waals surface area contributed by atoms with Crippen molar-refractivity contribution in [2.24, 2.45) is 0 Å². The van der Waals surface area contributed by atoms with Crippen molar-refractivity contribution >= 4 is 65.4 Å². The van der Waals surface area contributed by atoms with Crippen LogP contribution in [0, 0.1) is 0 Å². The molecular weight excluding hydrogens is 548 g/mol. The van der Waals surface area contributed by atoms with E-state index in [4.69, 9.17) is 0 Å². The van der Waals surface area contributed by atoms with Gasteiger partial charge in [-0.15, -0.1) is 0 Å². The minimum atomic E-state index is 1.12. The Labute approximate surface area is 258 Å². The molecule has 6 aromatic carbocycles. The van der Waals surface area contributed by atoms with E-state index in [9.17, 15) is 0 Å². The van der Waals surface area contributed by atoms with Gasteiger partial charge in [-0.1, -0.05) is 78.9 Å². The Bertz CT molecular complexity index is 2710. The third kappa shape index (κ3) is 3.39. The molecule has 0 spiro atoms. The van der Waals surface area contributed by atoms with Crippen LogP contribution in [0.2, 0.25) is 0 Å². The van der Waals surface area contributed by atoms with E-state index in [-0.39, 0.29) is 0 Å². The maximum absolute atomic E-state index is 4.44. The summed E-state index contributed by atoms with van der Waals surface area (Å²) in [5.74, 6) is 0. The summed E-state index contributed by atoms with van der Waals surface area (Å²) in [7, 11) is 0. The van der Waals surface area contributed by atoms with Crippen LogP contribution in [-0.4, -0.2) is 18.7 Å². The van der Waals surface area contributed by atoms with Crippen LogP contribution < -0.4 is 0 Å². The zero-order valence-electron chi connectivity index (χ0n) is 24.3. The van der Waals surface area contributed by atoms with Gasteiger partial charge in [-0.25, -0.2) is 0 Å². The Kier molecular flexibility index (Phi) is 4.96. The van der Waals surface area contributed by atoms with Gasteiger partial charge in [-0.3, -0.25) is 4.98 Å². The summed E-state index contributed by atoms with van der Waals surface area (Å²) in [5.41, 5.74) is 10.6. The van der Waals surface area contributed by atoms with E-state index in [2.05, 4.69) is 164 Å². The largest absolute Gasteiger partial charge is 0.309 e. The van der Waals surface area contributed by atoms with E-state index >= 15 is 0 Å². The highest BCUT2D eigenvalue weighted by Gasteiger charge is 2.19. The van der Waals surface area contributed by atoms with Gasteiger partial charge in [0.1, 0.15) is 0 Å². The van der Waals surface area contributed by atoms with E-state index in [0.717, 1.165) is 22.3 Å². The molecule has 10 aromatic rings. The second-order valence-corrected chi connectivity index (χ2v) is 11.7. The van der Waals surface area contributed by atoms with Gasteiger partial charge >= 0.3 is 0 Å². The molecule has 45 heavy (non-hydrogen) atoms. The van der Waals surface area contributed by atoms with Gasteiger partial charge in [-0.2, -0.15) is 0 Å². The van der Waals surface area contributed by atoms with Gasteiger partial charge in [0.2, 0.25) is 0 Å². The number of hydrogen-bond acceptors (Lipinski definition) is 1. The molecule has 210 valence electrons. The van der Waals surface area contributed by atoms with E-state index in [1.807, 2.05) is 12.4 Å². The lowest BCUT2D eigenvalue weighted by Crippen LogP contribution is -1.98. The molecule has 0 aliphatic heterocycles. The normalized spacial score (nSPS) is 12.0. The monoisotopic (exact) mass is 574 g/mol. The summed E-state index contributed by atoms with van der Waals surface area (Å²) < 4.78 is 7.18. The highest BCUT2D eigenvalue weighted by Crippen LogP contribution is 2.40. The summed E-state index contributed by atoms with van der Waals surface area (Å²) in [4.78, 5) is 4.44. The summed E-state index contributed by atoms with van der Waals surface area (Å²) >= 11 is 0. The predicted molar refractivity (Wildman–Crippen MR) is 187 cm³/mol. The van der Waals surface area contributed by atoms with Crippen LogP contribution in [0.1, 0.15) is 0 Å². The van der Waals surface area contributed by atoms with Crippen LogP contribution in [0.25, 0.3) is 82.5 Å². The maximum Gasteiger partial charge on any atom is 0.0571 e. The van der Waals surface area contributed by atoms with Crippen molar-refractivity contribution in [3.8, 4) is 17.1 Å². The van der Waals surface area contributed by atoms with Crippen LogP contribution in [0.3, 0.4) is 0 Å². The Morgan fingerprint density at radius 3 is 1.36 bits per heavy atom. The van der Waals surface area contributed by atoms with Gasteiger partial charge in [0.05, 0.1) is 33.1 Å². The zero-order chi connectivity index (χ0) is 29.5. The summed E-state index contributed by atoms with van der Waals surface area (Å²) in [6, 6.07) is 52.6. The molecule has 0 aliphatic rings. The van der Waals surface area contributed by atoms with E-state index < -0.39 is 0 Å². The molecule has 4 nitrogen and oxygen atoms in total. The molecule has 0 unspecified atom stereocenters. The molecule has 0 radical (unpaired) electrons. The van der Waals surface area contributed by atoms with Crippen LogP contribution in [0.5, 0.6) is 0 Å². The SMILES string of the molecule is c1ccc(-n2c3ccccc3c3cc4c(cc32)c2ccccc2n4-c2cccc(-n3c4ccccc4c4cnccc43)c2)cc1. The first kappa shape index (κ1) is 24.3. The molecule has 0 fully saturated rings. The zero-order valence-corrected chi connectivity index (χ0v) is 24.3. The van der Waals surface area contributed by atoms with Crippen molar-refractivity contribution in [1.82, 2.24) is 18.7 Å². The first-order chi connectivity index (χ1) is 22.3. The van der Waals surface area contributed by atoms with Gasteiger partial charge in [0, 0.05) is 61.8 Å². The van der Waals surface area contributed by atoms with Crippen LogP contribution in [0.4, 0.5) is 0 Å². The molecule has 0 saturated carbocycles. The molecular formula is C41H26N4. The Balaban J connectivity index is 1.29. The fourth-order valence-corrected chi connectivity index (χ4v) is 7.43. The molecule has 0 amide bonds. The number of rotatable bonds is 3. The van der Waals surface area contributed by atoms with Gasteiger partial charge in [0.15, 0.2) is 0 Å². The van der Waals surface area contributed by atoms with Crippen LogP contribution in [0.15, 0.2) is 158 Å². The first-order valence-corrected chi connectivity index (χ1v) is 15.3. The lowest BCUT2D eigenvalue weighted by molar-refractivity contribution is 1.13. The molecule has 0 atom stereocenters. The minimum Gasteiger partial charge on any atom is -0.309 e. The predicted octanol–water partition coefficient (Wildman–Crippen LogP) is 10.4. The third-order valence-electron chi connectivity index (χ3n) is 9.30. The highest BCUT2D eigenvalue weighted by atomic mass is 15.0. The smallest absolute Gasteiger partial charge is 0.0571 e. The average Bonchev–Trinajstić information content (AvgIpc) is 3.73. The fraction of sp³-hybridized carbons (Fsp3) is 0. The second-order valence-electron chi connectivity index (χ2n) is 11.7. The van der Waals surface area contributed by atoms with Gasteiger partial charge in [0.25, 0.3) is 0 Å². The number of para-hydroxylation sites is 4. The number of nitrogens with zero attached hydrogens (tertiary/aromatic N) is 4. The van der Waals surface area contributed by atoms with Crippen molar-refractivity contribution in [3.05, 3.63) is 158 Å². The lowest BCUT2D eigenvalue weighted by atomic mass is 10.1. The van der Waals surface area contributed by atoms with Crippen molar-refractivity contribution in [3.63, 3.8) is 0 Å². The van der Waals surface area contributed by atoms with E-state index in [0.29, 0.717) is 0 Å². The Morgan fingerprint density at radius 2 is 0.756 bits per heavy atom. The van der Waals surface area contributed by atoms with Crippen molar-refractivity contribution < 1.29 is 0 Å². The highest BCUT2D eigenvalue weighted by molar-refractivity contribution is 6.19. The molecule has 0 saturated heterocycles. The molecule has 0 N–H and O–H groups in total. The van der Waals surface area contributed by atoms with E-state index in [1.54, 1.807) is 0 Å². The molecule has 4 aromatic heterocycles. The van der Waals surface area contributed by atoms with E-state index in [1.165, 1.54) is 60.2 Å². The summed E-state index contributed by atoms with van der Waals surface area (Å²) in [6.07, 6.45) is 3.85. The van der Waals surface area contributed by atoms with Crippen molar-refractivity contribution in [1.29, 1.82) is 0 Å². The molecule has 0 aliphatic carbocycles. The summed E-state index contributed by atoms with van der Waals surface area (Å²) in [5, 5.41) is 7.35. The number of hydrogen-bond donors (Lipinski definition) is 0. The number of aromatic nitrogens is 4. The van der Waals surface area contributed by atoms with Crippen LogP contribution in [-0.2, 0) is 0 Å². The third-order valence-corrected chi connectivity index (χ3v) is 9.30. The molecule has 4 heterocycles. The first-order valence-electron chi connectivity index (χ1n) is 15.3. The molecule has 4 heteroatoms. The van der Waals surface area contributed by atoms with Gasteiger partial charge in [-0.05, 0) is 66.7 Å². The maximum atomic E-state index is 4.44. The topological polar surface area (TPSA) is 27.7 Å². The number of benzene rings is 6. The number of pyridine rings is 1. The quantitative estimate of drug-likeness (QED) is 0.206. The Hall–Kier alpha value is -6.13. The Morgan fingerprint density at radius 1 is 0.311 bits per heavy atom. The lowest BCUT2D eigenvalue weighted by Gasteiger charge is -2.13. The average molecular weight is 575 g/mol. The minimum absolute atomic E-state index is 1.12.